The Morgan fingerprint density at radius 3 is 2.94 bits per heavy atom. The number of hydrogen-bond acceptors (Lipinski definition) is 2. The predicted octanol–water partition coefficient (Wildman–Crippen LogP) is 2.57. The highest BCUT2D eigenvalue weighted by atomic mass is 35.5. The number of benzene rings is 1. The van der Waals surface area contributed by atoms with Crippen molar-refractivity contribution in [1.29, 1.82) is 0 Å². The molecule has 1 aromatic carbocycles. The van der Waals surface area contributed by atoms with Crippen LogP contribution in [0.3, 0.4) is 0 Å². The molecule has 84 valence electrons. The van der Waals surface area contributed by atoms with Crippen LogP contribution in [0.5, 0.6) is 0 Å². The van der Waals surface area contributed by atoms with E-state index in [0.717, 1.165) is 9.92 Å². The van der Waals surface area contributed by atoms with E-state index >= 15 is 0 Å². The van der Waals surface area contributed by atoms with Crippen LogP contribution in [0.1, 0.15) is 6.42 Å². The molecule has 0 radical (unpaired) electrons. The Bertz CT molecular complexity index is 400. The lowest BCUT2D eigenvalue weighted by atomic mass is 10.4. The molecular weight excluding hydrogens is 242 g/mol. The number of hydrogen-bond donors (Lipinski definition) is 1. The summed E-state index contributed by atoms with van der Waals surface area (Å²) in [5.74, 6) is 3.02. The molecule has 0 atom stereocenters. The van der Waals surface area contributed by atoms with Crippen LogP contribution in [-0.4, -0.2) is 18.2 Å². The van der Waals surface area contributed by atoms with Crippen molar-refractivity contribution in [3.63, 3.8) is 0 Å². The highest BCUT2D eigenvalue weighted by Gasteiger charge is 2.02. The topological polar surface area (TPSA) is 29.1 Å². The van der Waals surface area contributed by atoms with Gasteiger partial charge in [-0.25, -0.2) is 0 Å². The van der Waals surface area contributed by atoms with E-state index in [1.54, 1.807) is 11.8 Å². The highest BCUT2D eigenvalue weighted by molar-refractivity contribution is 7.99. The van der Waals surface area contributed by atoms with Gasteiger partial charge in [0.05, 0.1) is 11.6 Å². The molecule has 2 nitrogen and oxygen atoms in total. The number of terminal acetylenes is 1. The van der Waals surface area contributed by atoms with Crippen molar-refractivity contribution in [2.24, 2.45) is 0 Å². The number of carbonyl (C=O) groups excluding carboxylic acids is 1. The van der Waals surface area contributed by atoms with Crippen LogP contribution < -0.4 is 5.32 Å². The molecule has 0 unspecified atom stereocenters. The lowest BCUT2D eigenvalue weighted by Crippen LogP contribution is -2.23. The smallest absolute Gasteiger partial charge is 0.221 e. The van der Waals surface area contributed by atoms with Crippen molar-refractivity contribution < 1.29 is 4.79 Å². The maximum Gasteiger partial charge on any atom is 0.221 e. The number of amides is 1. The van der Waals surface area contributed by atoms with Crippen molar-refractivity contribution >= 4 is 29.3 Å². The summed E-state index contributed by atoms with van der Waals surface area (Å²) in [6.45, 7) is 0.287. The standard InChI is InChI=1S/C12H12ClNOS/c1-2-8-14-12(15)7-9-16-11-6-4-3-5-10(11)13/h1,3-6H,7-9H2,(H,14,15). The number of thioether (sulfide) groups is 1. The first-order valence-electron chi connectivity index (χ1n) is 4.81. The Labute approximate surface area is 105 Å². The maximum absolute atomic E-state index is 11.2. The Morgan fingerprint density at radius 2 is 2.25 bits per heavy atom. The Balaban J connectivity index is 2.29. The minimum Gasteiger partial charge on any atom is -0.345 e. The number of nitrogens with one attached hydrogen (secondary N) is 1. The summed E-state index contributed by atoms with van der Waals surface area (Å²) in [6, 6.07) is 7.58. The van der Waals surface area contributed by atoms with Crippen LogP contribution in [0.15, 0.2) is 29.2 Å². The van der Waals surface area contributed by atoms with Crippen molar-refractivity contribution in [3.05, 3.63) is 29.3 Å². The molecule has 0 spiro atoms. The Hall–Kier alpha value is -1.11. The van der Waals surface area contributed by atoms with Gasteiger partial charge >= 0.3 is 0 Å². The molecular formula is C12H12ClNOS. The van der Waals surface area contributed by atoms with Crippen molar-refractivity contribution in [2.45, 2.75) is 11.3 Å². The van der Waals surface area contributed by atoms with Gasteiger partial charge in [0.15, 0.2) is 0 Å². The van der Waals surface area contributed by atoms with Gasteiger partial charge in [-0.1, -0.05) is 29.7 Å². The number of carbonyl (C=O) groups is 1. The first-order chi connectivity index (χ1) is 7.74. The average Bonchev–Trinajstić information content (AvgIpc) is 2.29. The third-order valence-corrected chi connectivity index (χ3v) is 3.33. The molecule has 1 rings (SSSR count). The van der Waals surface area contributed by atoms with E-state index in [1.807, 2.05) is 24.3 Å². The van der Waals surface area contributed by atoms with Crippen LogP contribution in [0, 0.1) is 12.3 Å². The predicted molar refractivity (Wildman–Crippen MR) is 68.6 cm³/mol. The third-order valence-electron chi connectivity index (χ3n) is 1.81. The zero-order chi connectivity index (χ0) is 11.8. The summed E-state index contributed by atoms with van der Waals surface area (Å²) in [5, 5.41) is 3.33. The van der Waals surface area contributed by atoms with Gasteiger partial charge in [-0.2, -0.15) is 0 Å². The molecule has 0 aliphatic rings. The van der Waals surface area contributed by atoms with Gasteiger partial charge in [0.25, 0.3) is 0 Å². The van der Waals surface area contributed by atoms with Gasteiger partial charge in [0.2, 0.25) is 5.91 Å². The van der Waals surface area contributed by atoms with Crippen molar-refractivity contribution in [2.75, 3.05) is 12.3 Å². The molecule has 0 aliphatic heterocycles. The lowest BCUT2D eigenvalue weighted by Gasteiger charge is -2.03. The second-order valence-corrected chi connectivity index (χ2v) is 4.55. The average molecular weight is 254 g/mol. The first kappa shape index (κ1) is 13.0. The first-order valence-corrected chi connectivity index (χ1v) is 6.18. The monoisotopic (exact) mass is 253 g/mol. The molecule has 0 saturated carbocycles. The lowest BCUT2D eigenvalue weighted by molar-refractivity contribution is -0.120. The van der Waals surface area contributed by atoms with Gasteiger partial charge in [-0.3, -0.25) is 4.79 Å². The van der Waals surface area contributed by atoms with Crippen LogP contribution in [-0.2, 0) is 4.79 Å². The van der Waals surface area contributed by atoms with E-state index in [4.69, 9.17) is 18.0 Å². The number of rotatable bonds is 5. The van der Waals surface area contributed by atoms with Crippen LogP contribution in [0.4, 0.5) is 0 Å². The Kier molecular flexibility index (Phi) is 5.84. The quantitative estimate of drug-likeness (QED) is 0.646. The molecule has 0 saturated heterocycles. The molecule has 1 N–H and O–H groups in total. The largest absolute Gasteiger partial charge is 0.345 e. The molecule has 1 amide bonds. The van der Waals surface area contributed by atoms with Crippen LogP contribution in [0.25, 0.3) is 0 Å². The SMILES string of the molecule is C#CCNC(=O)CCSc1ccccc1Cl. The molecule has 4 heteroatoms. The van der Waals surface area contributed by atoms with Gasteiger partial charge in [-0.15, -0.1) is 18.2 Å². The maximum atomic E-state index is 11.2. The minimum absolute atomic E-state index is 0.0301. The van der Waals surface area contributed by atoms with Crippen LogP contribution in [0.2, 0.25) is 5.02 Å². The zero-order valence-electron chi connectivity index (χ0n) is 8.70. The normalized spacial score (nSPS) is 9.50. The summed E-state index contributed by atoms with van der Waals surface area (Å²) in [6.07, 6.45) is 5.47. The molecule has 0 fully saturated rings. The minimum atomic E-state index is -0.0301. The van der Waals surface area contributed by atoms with E-state index in [9.17, 15) is 4.79 Å². The van der Waals surface area contributed by atoms with Crippen LogP contribution >= 0.6 is 23.4 Å². The molecule has 0 heterocycles. The van der Waals surface area contributed by atoms with E-state index in [0.29, 0.717) is 12.2 Å². The molecule has 0 bridgehead atoms. The second-order valence-electron chi connectivity index (χ2n) is 3.01. The molecule has 0 aromatic heterocycles. The van der Waals surface area contributed by atoms with Crippen molar-refractivity contribution in [3.8, 4) is 12.3 Å². The fourth-order valence-corrected chi connectivity index (χ4v) is 2.24. The molecule has 1 aromatic rings. The summed E-state index contributed by atoms with van der Waals surface area (Å²) in [4.78, 5) is 12.2. The van der Waals surface area contributed by atoms with Gasteiger partial charge in [-0.05, 0) is 12.1 Å². The fourth-order valence-electron chi connectivity index (χ4n) is 1.05. The fraction of sp³-hybridized carbons (Fsp3) is 0.250. The van der Waals surface area contributed by atoms with E-state index < -0.39 is 0 Å². The number of halogens is 1. The van der Waals surface area contributed by atoms with E-state index in [1.165, 1.54) is 0 Å². The zero-order valence-corrected chi connectivity index (χ0v) is 10.3. The summed E-state index contributed by atoms with van der Waals surface area (Å²) >= 11 is 7.54. The highest BCUT2D eigenvalue weighted by Crippen LogP contribution is 2.26. The summed E-state index contributed by atoms with van der Waals surface area (Å²) in [5.41, 5.74) is 0. The second kappa shape index (κ2) is 7.21. The third kappa shape index (κ3) is 4.61. The molecule has 0 aliphatic carbocycles. The van der Waals surface area contributed by atoms with E-state index in [2.05, 4.69) is 11.2 Å². The summed E-state index contributed by atoms with van der Waals surface area (Å²) < 4.78 is 0. The molecule has 16 heavy (non-hydrogen) atoms. The van der Waals surface area contributed by atoms with Gasteiger partial charge in [0.1, 0.15) is 0 Å². The summed E-state index contributed by atoms with van der Waals surface area (Å²) in [7, 11) is 0. The van der Waals surface area contributed by atoms with Gasteiger partial charge in [0, 0.05) is 17.1 Å². The van der Waals surface area contributed by atoms with Gasteiger partial charge < -0.3 is 5.32 Å². The van der Waals surface area contributed by atoms with E-state index in [-0.39, 0.29) is 12.5 Å². The Morgan fingerprint density at radius 1 is 1.50 bits per heavy atom. The van der Waals surface area contributed by atoms with Crippen molar-refractivity contribution in [1.82, 2.24) is 5.32 Å².